The van der Waals surface area contributed by atoms with Crippen molar-refractivity contribution in [2.45, 2.75) is 13.0 Å². The average molecular weight is 207 g/mol. The summed E-state index contributed by atoms with van der Waals surface area (Å²) in [5.74, 6) is 0.561. The summed E-state index contributed by atoms with van der Waals surface area (Å²) in [6.07, 6.45) is 1.41. The fraction of sp³-hybridized carbons (Fsp3) is 0.364. The van der Waals surface area contributed by atoms with Crippen LogP contribution in [0.1, 0.15) is 6.92 Å². The van der Waals surface area contributed by atoms with E-state index >= 15 is 0 Å². The van der Waals surface area contributed by atoms with E-state index in [1.807, 2.05) is 13.0 Å². The molecule has 0 saturated heterocycles. The maximum atomic E-state index is 10.2. The Bertz CT molecular complexity index is 359. The van der Waals surface area contributed by atoms with Gasteiger partial charge in [0, 0.05) is 7.11 Å². The van der Waals surface area contributed by atoms with Gasteiger partial charge in [0.15, 0.2) is 0 Å². The number of para-hydroxylation sites is 2. The molecule has 0 aliphatic rings. The van der Waals surface area contributed by atoms with E-state index in [2.05, 4.69) is 4.99 Å². The Labute approximate surface area is 88.5 Å². The van der Waals surface area contributed by atoms with Crippen molar-refractivity contribution < 1.29 is 14.3 Å². The van der Waals surface area contributed by atoms with Crippen LogP contribution in [0.4, 0.5) is 5.69 Å². The molecule has 0 bridgehead atoms. The summed E-state index contributed by atoms with van der Waals surface area (Å²) in [7, 11) is 1.61. The Kier molecular flexibility index (Phi) is 4.54. The summed E-state index contributed by atoms with van der Waals surface area (Å²) >= 11 is 0. The fourth-order valence-corrected chi connectivity index (χ4v) is 1.18. The van der Waals surface area contributed by atoms with Crippen LogP contribution in [-0.2, 0) is 9.53 Å². The lowest BCUT2D eigenvalue weighted by Crippen LogP contribution is -2.17. The lowest BCUT2D eigenvalue weighted by atomic mass is 10.3. The average Bonchev–Trinajstić information content (AvgIpc) is 2.21. The van der Waals surface area contributed by atoms with Gasteiger partial charge in [-0.25, -0.2) is 4.79 Å². The van der Waals surface area contributed by atoms with Gasteiger partial charge in [0.25, 0.3) is 0 Å². The van der Waals surface area contributed by atoms with Crippen molar-refractivity contribution in [2.75, 3.05) is 13.7 Å². The van der Waals surface area contributed by atoms with E-state index in [4.69, 9.17) is 9.47 Å². The molecular weight excluding hydrogens is 194 g/mol. The van der Waals surface area contributed by atoms with Crippen molar-refractivity contribution in [3.05, 3.63) is 24.3 Å². The van der Waals surface area contributed by atoms with Gasteiger partial charge in [0.2, 0.25) is 6.08 Å². The van der Waals surface area contributed by atoms with Gasteiger partial charge in [-0.3, -0.25) is 0 Å². The molecule has 0 heterocycles. The molecule has 0 fully saturated rings. The monoisotopic (exact) mass is 207 g/mol. The van der Waals surface area contributed by atoms with E-state index in [1.165, 1.54) is 6.08 Å². The largest absolute Gasteiger partial charge is 0.486 e. The number of hydrogen-bond acceptors (Lipinski definition) is 4. The second-order valence-corrected chi connectivity index (χ2v) is 3.05. The van der Waals surface area contributed by atoms with Crippen molar-refractivity contribution in [3.8, 4) is 5.75 Å². The predicted molar refractivity (Wildman–Crippen MR) is 56.2 cm³/mol. The second kappa shape index (κ2) is 5.96. The van der Waals surface area contributed by atoms with Gasteiger partial charge in [-0.15, -0.1) is 0 Å². The Morgan fingerprint density at radius 1 is 1.47 bits per heavy atom. The number of isocyanates is 1. The van der Waals surface area contributed by atoms with Crippen LogP contribution in [0, 0.1) is 0 Å². The molecule has 0 spiro atoms. The number of ether oxygens (including phenoxy) is 2. The molecule has 0 aromatic heterocycles. The number of benzene rings is 1. The molecule has 0 amide bonds. The molecular formula is C11H13NO3. The third-order valence-electron chi connectivity index (χ3n) is 1.76. The molecule has 0 aliphatic heterocycles. The third-order valence-corrected chi connectivity index (χ3v) is 1.76. The molecule has 15 heavy (non-hydrogen) atoms. The highest BCUT2D eigenvalue weighted by Gasteiger charge is 2.06. The van der Waals surface area contributed by atoms with E-state index in [-0.39, 0.29) is 6.10 Å². The zero-order valence-electron chi connectivity index (χ0n) is 8.77. The van der Waals surface area contributed by atoms with Crippen LogP contribution in [0.25, 0.3) is 0 Å². The van der Waals surface area contributed by atoms with E-state index in [1.54, 1.807) is 25.3 Å². The van der Waals surface area contributed by atoms with Crippen LogP contribution in [0.3, 0.4) is 0 Å². The van der Waals surface area contributed by atoms with E-state index in [0.717, 1.165) is 0 Å². The van der Waals surface area contributed by atoms with Crippen molar-refractivity contribution in [1.29, 1.82) is 0 Å². The van der Waals surface area contributed by atoms with Gasteiger partial charge in [-0.1, -0.05) is 12.1 Å². The van der Waals surface area contributed by atoms with Crippen molar-refractivity contribution in [1.82, 2.24) is 0 Å². The van der Waals surface area contributed by atoms with Crippen LogP contribution in [0.15, 0.2) is 29.3 Å². The molecule has 80 valence electrons. The van der Waals surface area contributed by atoms with Crippen LogP contribution < -0.4 is 4.74 Å². The molecule has 1 atom stereocenters. The molecule has 1 aromatic carbocycles. The first-order chi connectivity index (χ1) is 7.27. The SMILES string of the molecule is COCC(C)Oc1ccccc1N=C=O. The predicted octanol–water partition coefficient (Wildman–Crippen LogP) is 2.07. The minimum atomic E-state index is -0.0852. The van der Waals surface area contributed by atoms with Gasteiger partial charge in [0.05, 0.1) is 6.61 Å². The topological polar surface area (TPSA) is 47.9 Å². The Morgan fingerprint density at radius 3 is 2.87 bits per heavy atom. The van der Waals surface area contributed by atoms with Crippen LogP contribution in [0.5, 0.6) is 5.75 Å². The summed E-state index contributed by atoms with van der Waals surface area (Å²) < 4.78 is 10.5. The lowest BCUT2D eigenvalue weighted by molar-refractivity contribution is 0.0925. The summed E-state index contributed by atoms with van der Waals surface area (Å²) in [6.45, 7) is 2.37. The molecule has 0 N–H and O–H groups in total. The van der Waals surface area contributed by atoms with Crippen LogP contribution >= 0.6 is 0 Å². The van der Waals surface area contributed by atoms with Crippen LogP contribution in [-0.4, -0.2) is 25.9 Å². The summed E-state index contributed by atoms with van der Waals surface area (Å²) in [5.41, 5.74) is 0.482. The second-order valence-electron chi connectivity index (χ2n) is 3.05. The Hall–Kier alpha value is -1.64. The van der Waals surface area contributed by atoms with E-state index < -0.39 is 0 Å². The van der Waals surface area contributed by atoms with Gasteiger partial charge in [-0.05, 0) is 19.1 Å². The number of aliphatic imine (C=N–C) groups is 1. The van der Waals surface area contributed by atoms with Gasteiger partial charge >= 0.3 is 0 Å². The molecule has 1 unspecified atom stereocenters. The fourth-order valence-electron chi connectivity index (χ4n) is 1.18. The van der Waals surface area contributed by atoms with E-state index in [9.17, 15) is 4.79 Å². The maximum Gasteiger partial charge on any atom is 0.240 e. The lowest BCUT2D eigenvalue weighted by Gasteiger charge is -2.14. The van der Waals surface area contributed by atoms with Gasteiger partial charge in [-0.2, -0.15) is 4.99 Å². The maximum absolute atomic E-state index is 10.2. The zero-order valence-corrected chi connectivity index (χ0v) is 8.77. The number of nitrogens with zero attached hydrogens (tertiary/aromatic N) is 1. The van der Waals surface area contributed by atoms with Gasteiger partial charge < -0.3 is 9.47 Å². The summed E-state index contributed by atoms with van der Waals surface area (Å²) in [5, 5.41) is 0. The van der Waals surface area contributed by atoms with Gasteiger partial charge in [0.1, 0.15) is 17.5 Å². The van der Waals surface area contributed by atoms with Crippen molar-refractivity contribution >= 4 is 11.8 Å². The van der Waals surface area contributed by atoms with Crippen molar-refractivity contribution in [2.24, 2.45) is 4.99 Å². The molecule has 0 radical (unpaired) electrons. The van der Waals surface area contributed by atoms with Crippen molar-refractivity contribution in [3.63, 3.8) is 0 Å². The van der Waals surface area contributed by atoms with Crippen LogP contribution in [0.2, 0.25) is 0 Å². The molecule has 4 nitrogen and oxygen atoms in total. The minimum Gasteiger partial charge on any atom is -0.486 e. The first kappa shape index (κ1) is 11.4. The molecule has 0 aliphatic carbocycles. The zero-order chi connectivity index (χ0) is 11.1. The molecule has 0 saturated carbocycles. The molecule has 4 heteroatoms. The highest BCUT2D eigenvalue weighted by atomic mass is 16.5. The minimum absolute atomic E-state index is 0.0852. The highest BCUT2D eigenvalue weighted by molar-refractivity contribution is 5.57. The Balaban J connectivity index is 2.79. The number of hydrogen-bond donors (Lipinski definition) is 0. The standard InChI is InChI=1S/C11H13NO3/c1-9(7-14-2)15-11-6-4-3-5-10(11)12-8-13/h3-6,9H,7H2,1-2H3. The quantitative estimate of drug-likeness (QED) is 0.548. The summed E-state index contributed by atoms with van der Waals surface area (Å²) in [4.78, 5) is 13.7. The normalized spacial score (nSPS) is 11.6. The molecule has 1 rings (SSSR count). The first-order valence-corrected chi connectivity index (χ1v) is 4.60. The van der Waals surface area contributed by atoms with E-state index in [0.29, 0.717) is 18.0 Å². The third kappa shape index (κ3) is 3.54. The molecule has 1 aromatic rings. The number of carbonyl (C=O) groups excluding carboxylic acids is 1. The first-order valence-electron chi connectivity index (χ1n) is 4.60. The smallest absolute Gasteiger partial charge is 0.240 e. The number of rotatable bonds is 5. The Morgan fingerprint density at radius 2 is 2.20 bits per heavy atom. The highest BCUT2D eigenvalue weighted by Crippen LogP contribution is 2.27. The number of methoxy groups -OCH3 is 1. The summed E-state index contributed by atoms with van der Waals surface area (Å²) in [6, 6.07) is 7.05.